The first-order chi connectivity index (χ1) is 9.54. The molecule has 3 rings (SSSR count). The number of fused-ring (bicyclic) bond motifs is 1. The van der Waals surface area contributed by atoms with Crippen molar-refractivity contribution in [3.8, 4) is 0 Å². The van der Waals surface area contributed by atoms with Crippen LogP contribution in [0.2, 0.25) is 0 Å². The van der Waals surface area contributed by atoms with E-state index in [4.69, 9.17) is 9.15 Å². The summed E-state index contributed by atoms with van der Waals surface area (Å²) < 4.78 is 11.9. The molecule has 0 radical (unpaired) electrons. The number of aromatic nitrogens is 1. The molecule has 1 saturated carbocycles. The molecule has 112 valence electrons. The number of rotatable bonds is 2. The first-order valence-electron chi connectivity index (χ1n) is 7.85. The molecule has 1 saturated heterocycles. The lowest BCUT2D eigenvalue weighted by atomic mass is 9.90. The molecule has 4 heteroatoms. The SMILES string of the molecule is CC(C)(C)c1cnc(CN2CCOC3CCCCC32)o1. The van der Waals surface area contributed by atoms with E-state index in [2.05, 4.69) is 30.7 Å². The lowest BCUT2D eigenvalue weighted by Crippen LogP contribution is -2.52. The van der Waals surface area contributed by atoms with Crippen molar-refractivity contribution in [3.05, 3.63) is 17.8 Å². The Bertz CT molecular complexity index is 448. The second-order valence-corrected chi connectivity index (χ2v) is 7.10. The Morgan fingerprint density at radius 3 is 2.85 bits per heavy atom. The van der Waals surface area contributed by atoms with Gasteiger partial charge >= 0.3 is 0 Å². The maximum absolute atomic E-state index is 5.94. The molecule has 2 aliphatic rings. The molecule has 0 amide bonds. The predicted molar refractivity (Wildman–Crippen MR) is 77.6 cm³/mol. The molecule has 1 aliphatic carbocycles. The van der Waals surface area contributed by atoms with Gasteiger partial charge in [0.2, 0.25) is 5.89 Å². The van der Waals surface area contributed by atoms with Crippen molar-refractivity contribution in [2.24, 2.45) is 0 Å². The molecule has 20 heavy (non-hydrogen) atoms. The van der Waals surface area contributed by atoms with E-state index in [1.165, 1.54) is 25.7 Å². The molecule has 0 bridgehead atoms. The standard InChI is InChI=1S/C16H26N2O2/c1-16(2,3)14-10-17-15(20-14)11-18-8-9-19-13-7-5-4-6-12(13)18/h10,12-13H,4-9,11H2,1-3H3. The minimum absolute atomic E-state index is 0.0314. The van der Waals surface area contributed by atoms with E-state index in [9.17, 15) is 0 Å². The Morgan fingerprint density at radius 1 is 1.30 bits per heavy atom. The van der Waals surface area contributed by atoms with Crippen LogP contribution in [0.3, 0.4) is 0 Å². The number of oxazole rings is 1. The Kier molecular flexibility index (Phi) is 3.87. The highest BCUT2D eigenvalue weighted by Crippen LogP contribution is 2.30. The summed E-state index contributed by atoms with van der Waals surface area (Å²) in [4.78, 5) is 6.97. The van der Waals surface area contributed by atoms with Gasteiger partial charge in [0.15, 0.2) is 0 Å². The zero-order chi connectivity index (χ0) is 14.2. The van der Waals surface area contributed by atoms with Gasteiger partial charge in [0.25, 0.3) is 0 Å². The van der Waals surface area contributed by atoms with Crippen LogP contribution < -0.4 is 0 Å². The maximum atomic E-state index is 5.94. The molecule has 1 aliphatic heterocycles. The van der Waals surface area contributed by atoms with Gasteiger partial charge < -0.3 is 9.15 Å². The van der Waals surface area contributed by atoms with Gasteiger partial charge in [-0.1, -0.05) is 33.6 Å². The summed E-state index contributed by atoms with van der Waals surface area (Å²) in [5.41, 5.74) is 0.0314. The van der Waals surface area contributed by atoms with Crippen LogP contribution >= 0.6 is 0 Å². The first kappa shape index (κ1) is 14.1. The number of ether oxygens (including phenoxy) is 1. The molecule has 2 atom stereocenters. The van der Waals surface area contributed by atoms with E-state index in [1.807, 2.05) is 6.20 Å². The average molecular weight is 278 g/mol. The highest BCUT2D eigenvalue weighted by molar-refractivity contribution is 5.06. The van der Waals surface area contributed by atoms with Gasteiger partial charge in [0, 0.05) is 18.0 Å². The van der Waals surface area contributed by atoms with E-state index < -0.39 is 0 Å². The van der Waals surface area contributed by atoms with Crippen LogP contribution in [-0.4, -0.2) is 35.2 Å². The molecule has 2 heterocycles. The van der Waals surface area contributed by atoms with E-state index in [0.717, 1.165) is 31.3 Å². The summed E-state index contributed by atoms with van der Waals surface area (Å²) >= 11 is 0. The topological polar surface area (TPSA) is 38.5 Å². The van der Waals surface area contributed by atoms with Crippen molar-refractivity contribution < 1.29 is 9.15 Å². The normalized spacial score (nSPS) is 28.4. The Hall–Kier alpha value is -0.870. The molecular formula is C16H26N2O2. The van der Waals surface area contributed by atoms with Crippen molar-refractivity contribution in [1.29, 1.82) is 0 Å². The number of nitrogens with zero attached hydrogens (tertiary/aromatic N) is 2. The van der Waals surface area contributed by atoms with Crippen molar-refractivity contribution >= 4 is 0 Å². The van der Waals surface area contributed by atoms with Crippen LogP contribution in [0.4, 0.5) is 0 Å². The molecule has 2 fully saturated rings. The Morgan fingerprint density at radius 2 is 2.10 bits per heavy atom. The van der Waals surface area contributed by atoms with Crippen molar-refractivity contribution in [2.75, 3.05) is 13.2 Å². The van der Waals surface area contributed by atoms with Gasteiger partial charge in [0.1, 0.15) is 5.76 Å². The third-order valence-electron chi connectivity index (χ3n) is 4.48. The summed E-state index contributed by atoms with van der Waals surface area (Å²) in [6, 6.07) is 0.558. The maximum Gasteiger partial charge on any atom is 0.208 e. The van der Waals surface area contributed by atoms with Crippen LogP contribution in [0.5, 0.6) is 0 Å². The molecule has 1 aromatic heterocycles. The monoisotopic (exact) mass is 278 g/mol. The molecule has 0 spiro atoms. The van der Waals surface area contributed by atoms with Gasteiger partial charge in [-0.15, -0.1) is 0 Å². The zero-order valence-electron chi connectivity index (χ0n) is 12.9. The predicted octanol–water partition coefficient (Wildman–Crippen LogP) is 3.12. The molecule has 0 N–H and O–H groups in total. The van der Waals surface area contributed by atoms with Gasteiger partial charge in [-0.25, -0.2) is 4.98 Å². The summed E-state index contributed by atoms with van der Waals surface area (Å²) in [7, 11) is 0. The fourth-order valence-corrected chi connectivity index (χ4v) is 3.28. The number of morpholine rings is 1. The molecule has 1 aromatic rings. The van der Waals surface area contributed by atoms with E-state index in [1.54, 1.807) is 0 Å². The summed E-state index contributed by atoms with van der Waals surface area (Å²) in [6.07, 6.45) is 7.39. The third-order valence-corrected chi connectivity index (χ3v) is 4.48. The minimum atomic E-state index is 0.0314. The van der Waals surface area contributed by atoms with Gasteiger partial charge in [0.05, 0.1) is 25.5 Å². The van der Waals surface area contributed by atoms with Crippen molar-refractivity contribution in [3.63, 3.8) is 0 Å². The lowest BCUT2D eigenvalue weighted by molar-refractivity contribution is -0.0931. The average Bonchev–Trinajstić information content (AvgIpc) is 2.88. The fourth-order valence-electron chi connectivity index (χ4n) is 3.28. The summed E-state index contributed by atoms with van der Waals surface area (Å²) in [6.45, 7) is 9.12. The van der Waals surface area contributed by atoms with Crippen LogP contribution in [0, 0.1) is 0 Å². The van der Waals surface area contributed by atoms with Crippen LogP contribution in [0.15, 0.2) is 10.6 Å². The Labute approximate surface area is 121 Å². The molecule has 4 nitrogen and oxygen atoms in total. The van der Waals surface area contributed by atoms with Crippen LogP contribution in [0.1, 0.15) is 58.1 Å². The summed E-state index contributed by atoms with van der Waals surface area (Å²) in [5.74, 6) is 1.82. The second kappa shape index (κ2) is 5.49. The van der Waals surface area contributed by atoms with E-state index in [0.29, 0.717) is 12.1 Å². The molecule has 0 aromatic carbocycles. The number of hydrogen-bond donors (Lipinski definition) is 0. The van der Waals surface area contributed by atoms with Crippen LogP contribution in [-0.2, 0) is 16.7 Å². The van der Waals surface area contributed by atoms with Crippen molar-refractivity contribution in [2.45, 2.75) is 70.6 Å². The number of hydrogen-bond acceptors (Lipinski definition) is 4. The quantitative estimate of drug-likeness (QED) is 0.833. The van der Waals surface area contributed by atoms with E-state index in [-0.39, 0.29) is 5.41 Å². The van der Waals surface area contributed by atoms with Gasteiger partial charge in [-0.2, -0.15) is 0 Å². The van der Waals surface area contributed by atoms with Gasteiger partial charge in [-0.05, 0) is 12.8 Å². The highest BCUT2D eigenvalue weighted by atomic mass is 16.5. The van der Waals surface area contributed by atoms with Gasteiger partial charge in [-0.3, -0.25) is 4.90 Å². The van der Waals surface area contributed by atoms with Crippen LogP contribution in [0.25, 0.3) is 0 Å². The largest absolute Gasteiger partial charge is 0.444 e. The zero-order valence-corrected chi connectivity index (χ0v) is 12.9. The molecular weight excluding hydrogens is 252 g/mol. The van der Waals surface area contributed by atoms with Crippen molar-refractivity contribution in [1.82, 2.24) is 9.88 Å². The smallest absolute Gasteiger partial charge is 0.208 e. The molecule has 2 unspecified atom stereocenters. The minimum Gasteiger partial charge on any atom is -0.444 e. The second-order valence-electron chi connectivity index (χ2n) is 7.10. The highest BCUT2D eigenvalue weighted by Gasteiger charge is 2.34. The summed E-state index contributed by atoms with van der Waals surface area (Å²) in [5, 5.41) is 0. The first-order valence-corrected chi connectivity index (χ1v) is 7.85. The Balaban J connectivity index is 1.68. The fraction of sp³-hybridized carbons (Fsp3) is 0.812. The van der Waals surface area contributed by atoms with E-state index >= 15 is 0 Å². The lowest BCUT2D eigenvalue weighted by Gasteiger charge is -2.43. The third kappa shape index (κ3) is 2.91.